The van der Waals surface area contributed by atoms with Crippen molar-refractivity contribution in [2.75, 3.05) is 24.5 Å². The fraction of sp³-hybridized carbons (Fsp3) is 0.421. The predicted octanol–water partition coefficient (Wildman–Crippen LogP) is 1.58. The molecule has 0 saturated carbocycles. The Bertz CT molecular complexity index is 907. The maximum absolute atomic E-state index is 12.9. The number of amides is 2. The molecule has 146 valence electrons. The van der Waals surface area contributed by atoms with E-state index in [2.05, 4.69) is 10.3 Å². The molecule has 2 aromatic rings. The first-order chi connectivity index (χ1) is 13.5. The lowest BCUT2D eigenvalue weighted by Gasteiger charge is -2.32. The highest BCUT2D eigenvalue weighted by Crippen LogP contribution is 2.25. The number of carboxylic acids is 1. The summed E-state index contributed by atoms with van der Waals surface area (Å²) in [5.41, 5.74) is 1.29. The smallest absolute Gasteiger partial charge is 0.358 e. The third-order valence-electron chi connectivity index (χ3n) is 5.29. The summed E-state index contributed by atoms with van der Waals surface area (Å²) in [5, 5.41) is 16.5. The number of carboxylic acid groups (broad SMARTS) is 1. The normalized spacial score (nSPS) is 19.9. The average molecular weight is 383 g/mol. The molecule has 1 N–H and O–H groups in total. The molecule has 0 radical (unpaired) electrons. The second-order valence-electron chi connectivity index (χ2n) is 7.13. The number of hydrogen-bond donors (Lipinski definition) is 1. The van der Waals surface area contributed by atoms with Gasteiger partial charge in [0.05, 0.1) is 12.2 Å². The minimum Gasteiger partial charge on any atom is -0.476 e. The molecule has 2 amide bonds. The van der Waals surface area contributed by atoms with Crippen LogP contribution in [0.15, 0.2) is 30.5 Å². The van der Waals surface area contributed by atoms with Crippen molar-refractivity contribution >= 4 is 23.5 Å². The summed E-state index contributed by atoms with van der Waals surface area (Å²) in [5.74, 6) is -1.08. The second kappa shape index (κ2) is 7.41. The van der Waals surface area contributed by atoms with Crippen molar-refractivity contribution in [2.24, 2.45) is 0 Å². The van der Waals surface area contributed by atoms with Gasteiger partial charge in [-0.05, 0) is 43.5 Å². The van der Waals surface area contributed by atoms with Gasteiger partial charge in [-0.15, -0.1) is 5.10 Å². The first-order valence-electron chi connectivity index (χ1n) is 9.38. The first kappa shape index (κ1) is 18.1. The molecule has 4 rings (SSSR count). The topological polar surface area (TPSA) is 109 Å². The molecule has 2 aliphatic heterocycles. The summed E-state index contributed by atoms with van der Waals surface area (Å²) in [6, 6.07) is 7.04. The van der Waals surface area contributed by atoms with Crippen LogP contribution < -0.4 is 4.90 Å². The van der Waals surface area contributed by atoms with Crippen molar-refractivity contribution in [3.05, 3.63) is 41.7 Å². The molecule has 9 nitrogen and oxygen atoms in total. The standard InChI is InChI=1S/C19H21N5O4/c25-17-4-2-10-23(17)14-7-5-13(6-8-14)18(26)22-9-1-3-15(11-22)24-12-16(19(27)28)20-21-24/h5-8,12,15H,1-4,9-11H2,(H,27,28). The van der Waals surface area contributed by atoms with E-state index in [1.54, 1.807) is 21.9 Å². The largest absolute Gasteiger partial charge is 0.476 e. The number of nitrogens with zero attached hydrogens (tertiary/aromatic N) is 5. The van der Waals surface area contributed by atoms with E-state index in [9.17, 15) is 14.4 Å². The Labute approximate surface area is 161 Å². The maximum Gasteiger partial charge on any atom is 0.358 e. The molecule has 0 bridgehead atoms. The Morgan fingerprint density at radius 3 is 2.54 bits per heavy atom. The number of rotatable bonds is 4. The predicted molar refractivity (Wildman–Crippen MR) is 99.2 cm³/mol. The molecule has 0 aliphatic carbocycles. The summed E-state index contributed by atoms with van der Waals surface area (Å²) in [4.78, 5) is 39.2. The van der Waals surface area contributed by atoms with Crippen molar-refractivity contribution in [2.45, 2.75) is 31.7 Å². The zero-order chi connectivity index (χ0) is 19.7. The van der Waals surface area contributed by atoms with E-state index in [0.29, 0.717) is 25.1 Å². The van der Waals surface area contributed by atoms with Crippen LogP contribution in [0.2, 0.25) is 0 Å². The number of likely N-dealkylation sites (tertiary alicyclic amines) is 1. The minimum atomic E-state index is -1.12. The molecule has 0 spiro atoms. The van der Waals surface area contributed by atoms with E-state index in [-0.39, 0.29) is 23.6 Å². The SMILES string of the molecule is O=C(O)c1cn(C2CCCN(C(=O)c3ccc(N4CCCC4=O)cc3)C2)nn1. The van der Waals surface area contributed by atoms with Crippen molar-refractivity contribution in [3.8, 4) is 0 Å². The molecule has 1 atom stereocenters. The van der Waals surface area contributed by atoms with Crippen LogP contribution >= 0.6 is 0 Å². The van der Waals surface area contributed by atoms with Gasteiger partial charge in [-0.3, -0.25) is 9.59 Å². The molecule has 9 heteroatoms. The van der Waals surface area contributed by atoms with Gasteiger partial charge in [0.2, 0.25) is 5.91 Å². The highest BCUT2D eigenvalue weighted by atomic mass is 16.4. The third-order valence-corrected chi connectivity index (χ3v) is 5.29. The van der Waals surface area contributed by atoms with Crippen LogP contribution in [0.4, 0.5) is 5.69 Å². The van der Waals surface area contributed by atoms with Crippen LogP contribution in [-0.4, -0.2) is 62.4 Å². The number of carbonyl (C=O) groups excluding carboxylic acids is 2. The molecule has 1 aromatic carbocycles. The molecule has 28 heavy (non-hydrogen) atoms. The van der Waals surface area contributed by atoms with E-state index < -0.39 is 5.97 Å². The highest BCUT2D eigenvalue weighted by Gasteiger charge is 2.27. The van der Waals surface area contributed by atoms with Gasteiger partial charge in [-0.25, -0.2) is 9.48 Å². The summed E-state index contributed by atoms with van der Waals surface area (Å²) >= 11 is 0. The quantitative estimate of drug-likeness (QED) is 0.859. The number of carbonyl (C=O) groups is 3. The van der Waals surface area contributed by atoms with E-state index in [4.69, 9.17) is 5.11 Å². The molecular formula is C19H21N5O4. The Balaban J connectivity index is 1.45. The molecule has 1 aromatic heterocycles. The Morgan fingerprint density at radius 2 is 1.89 bits per heavy atom. The van der Waals surface area contributed by atoms with E-state index >= 15 is 0 Å². The van der Waals surface area contributed by atoms with E-state index in [0.717, 1.165) is 31.5 Å². The van der Waals surface area contributed by atoms with Gasteiger partial charge in [0.25, 0.3) is 5.91 Å². The van der Waals surface area contributed by atoms with Crippen LogP contribution in [0.25, 0.3) is 0 Å². The lowest BCUT2D eigenvalue weighted by molar-refractivity contribution is -0.117. The van der Waals surface area contributed by atoms with Gasteiger partial charge >= 0.3 is 5.97 Å². The molecule has 1 unspecified atom stereocenters. The lowest BCUT2D eigenvalue weighted by Crippen LogP contribution is -2.40. The monoisotopic (exact) mass is 383 g/mol. The van der Waals surface area contributed by atoms with E-state index in [1.807, 2.05) is 12.1 Å². The molecule has 2 saturated heterocycles. The summed E-state index contributed by atoms with van der Waals surface area (Å²) < 4.78 is 1.53. The zero-order valence-electron chi connectivity index (χ0n) is 15.3. The first-order valence-corrected chi connectivity index (χ1v) is 9.38. The van der Waals surface area contributed by atoms with Crippen molar-refractivity contribution in [1.82, 2.24) is 19.9 Å². The van der Waals surface area contributed by atoms with Crippen molar-refractivity contribution < 1.29 is 19.5 Å². The average Bonchev–Trinajstić information content (AvgIpc) is 3.37. The highest BCUT2D eigenvalue weighted by molar-refractivity contribution is 5.97. The summed E-state index contributed by atoms with van der Waals surface area (Å²) in [6.07, 6.45) is 4.45. The van der Waals surface area contributed by atoms with Crippen molar-refractivity contribution in [1.29, 1.82) is 0 Å². The van der Waals surface area contributed by atoms with Gasteiger partial charge in [0.1, 0.15) is 0 Å². The van der Waals surface area contributed by atoms with Gasteiger partial charge in [-0.1, -0.05) is 5.21 Å². The van der Waals surface area contributed by atoms with Gasteiger partial charge in [-0.2, -0.15) is 0 Å². The second-order valence-corrected chi connectivity index (χ2v) is 7.13. The number of aromatic carboxylic acids is 1. The number of benzene rings is 1. The van der Waals surface area contributed by atoms with Crippen molar-refractivity contribution in [3.63, 3.8) is 0 Å². The number of anilines is 1. The Hall–Kier alpha value is -3.23. The third kappa shape index (κ3) is 3.47. The van der Waals surface area contributed by atoms with Crippen LogP contribution in [0.5, 0.6) is 0 Å². The fourth-order valence-electron chi connectivity index (χ4n) is 3.80. The van der Waals surface area contributed by atoms with Gasteiger partial charge < -0.3 is 14.9 Å². The summed E-state index contributed by atoms with van der Waals surface area (Å²) in [6.45, 7) is 1.81. The number of hydrogen-bond acceptors (Lipinski definition) is 5. The van der Waals surface area contributed by atoms with Crippen LogP contribution in [0.1, 0.15) is 52.6 Å². The zero-order valence-corrected chi connectivity index (χ0v) is 15.3. The van der Waals surface area contributed by atoms with Crippen LogP contribution in [-0.2, 0) is 4.79 Å². The minimum absolute atomic E-state index is 0.0810. The molecular weight excluding hydrogens is 362 g/mol. The molecule has 2 aliphatic rings. The van der Waals surface area contributed by atoms with E-state index in [1.165, 1.54) is 10.9 Å². The van der Waals surface area contributed by atoms with Crippen LogP contribution in [0, 0.1) is 0 Å². The summed E-state index contributed by atoms with van der Waals surface area (Å²) in [7, 11) is 0. The van der Waals surface area contributed by atoms with Gasteiger partial charge in [0.15, 0.2) is 5.69 Å². The van der Waals surface area contributed by atoms with Crippen LogP contribution in [0.3, 0.4) is 0 Å². The molecule has 3 heterocycles. The Kier molecular flexibility index (Phi) is 4.81. The lowest BCUT2D eigenvalue weighted by atomic mass is 10.0. The molecule has 2 fully saturated rings. The van der Waals surface area contributed by atoms with Gasteiger partial charge in [0, 0.05) is 37.3 Å². The Morgan fingerprint density at radius 1 is 1.11 bits per heavy atom. The fourth-order valence-corrected chi connectivity index (χ4v) is 3.80. The number of piperidine rings is 1. The number of aromatic nitrogens is 3. The maximum atomic E-state index is 12.9.